The van der Waals surface area contributed by atoms with Gasteiger partial charge in [0.2, 0.25) is 5.91 Å². The summed E-state index contributed by atoms with van der Waals surface area (Å²) in [5.41, 5.74) is 5.75. The summed E-state index contributed by atoms with van der Waals surface area (Å²) in [6.07, 6.45) is 5.97. The van der Waals surface area contributed by atoms with Crippen molar-refractivity contribution in [3.8, 4) is 0 Å². The van der Waals surface area contributed by atoms with Gasteiger partial charge in [-0.2, -0.15) is 0 Å². The fourth-order valence-corrected chi connectivity index (χ4v) is 3.34. The molecule has 0 radical (unpaired) electrons. The first-order valence-corrected chi connectivity index (χ1v) is 8.56. The Morgan fingerprint density at radius 3 is 2.84 bits per heavy atom. The molecule has 0 aliphatic heterocycles. The van der Waals surface area contributed by atoms with Crippen LogP contribution in [0.25, 0.3) is 17.2 Å². The van der Waals surface area contributed by atoms with Gasteiger partial charge in [-0.25, -0.2) is 4.98 Å². The van der Waals surface area contributed by atoms with Crippen molar-refractivity contribution in [1.82, 2.24) is 9.55 Å². The van der Waals surface area contributed by atoms with Crippen LogP contribution in [-0.4, -0.2) is 15.5 Å². The summed E-state index contributed by atoms with van der Waals surface area (Å²) >= 11 is 0. The van der Waals surface area contributed by atoms with Crippen molar-refractivity contribution in [2.24, 2.45) is 0 Å². The number of nitrogens with one attached hydrogen (secondary N) is 1. The van der Waals surface area contributed by atoms with Crippen molar-refractivity contribution < 1.29 is 9.21 Å². The Morgan fingerprint density at radius 2 is 2.08 bits per heavy atom. The number of fused-ring (bicyclic) bond motifs is 1. The molecule has 128 valence electrons. The second kappa shape index (κ2) is 5.92. The van der Waals surface area contributed by atoms with E-state index in [0.29, 0.717) is 17.6 Å². The maximum absolute atomic E-state index is 12.2. The minimum Gasteiger partial charge on any atom is -0.441 e. The van der Waals surface area contributed by atoms with Crippen LogP contribution in [0.5, 0.6) is 0 Å². The molecule has 2 aromatic heterocycles. The summed E-state index contributed by atoms with van der Waals surface area (Å²) in [5, 5.41) is 2.88. The number of anilines is 1. The smallest absolute Gasteiger partial charge is 0.248 e. The van der Waals surface area contributed by atoms with Crippen molar-refractivity contribution in [3.63, 3.8) is 0 Å². The van der Waals surface area contributed by atoms with Gasteiger partial charge in [-0.1, -0.05) is 0 Å². The molecule has 0 saturated heterocycles. The van der Waals surface area contributed by atoms with Crippen LogP contribution in [0.15, 0.2) is 34.8 Å². The number of rotatable bonds is 4. The summed E-state index contributed by atoms with van der Waals surface area (Å²) in [4.78, 5) is 16.5. The van der Waals surface area contributed by atoms with Crippen molar-refractivity contribution in [1.29, 1.82) is 0 Å². The van der Waals surface area contributed by atoms with Crippen molar-refractivity contribution in [2.75, 3.05) is 5.32 Å². The number of carbonyl (C=O) groups excluding carboxylic acids is 1. The van der Waals surface area contributed by atoms with Crippen LogP contribution in [-0.2, 0) is 4.79 Å². The van der Waals surface area contributed by atoms with Gasteiger partial charge in [0.25, 0.3) is 0 Å². The molecular formula is C20H21N3O2. The predicted molar refractivity (Wildman–Crippen MR) is 98.6 cm³/mol. The largest absolute Gasteiger partial charge is 0.441 e. The SMILES string of the molecule is Cc1nc2cc(NC(=O)C=Cc3cc(C)n(C4CC4)c3C)ccc2o1. The normalized spacial score (nSPS) is 14.5. The Bertz CT molecular complexity index is 990. The molecule has 0 bridgehead atoms. The number of aromatic nitrogens is 2. The zero-order valence-corrected chi connectivity index (χ0v) is 14.7. The summed E-state index contributed by atoms with van der Waals surface area (Å²) in [7, 11) is 0. The van der Waals surface area contributed by atoms with E-state index in [1.165, 1.54) is 24.2 Å². The molecule has 5 nitrogen and oxygen atoms in total. The molecule has 1 saturated carbocycles. The number of oxazole rings is 1. The monoisotopic (exact) mass is 335 g/mol. The van der Waals surface area contributed by atoms with Gasteiger partial charge in [-0.15, -0.1) is 0 Å². The Kier molecular flexibility index (Phi) is 3.71. The summed E-state index contributed by atoms with van der Waals surface area (Å²) < 4.78 is 7.82. The van der Waals surface area contributed by atoms with E-state index in [1.807, 2.05) is 24.3 Å². The Hall–Kier alpha value is -2.82. The van der Waals surface area contributed by atoms with Gasteiger partial charge in [0.15, 0.2) is 11.5 Å². The number of nitrogens with zero attached hydrogens (tertiary/aromatic N) is 2. The van der Waals surface area contributed by atoms with Crippen LogP contribution in [0, 0.1) is 20.8 Å². The van der Waals surface area contributed by atoms with E-state index >= 15 is 0 Å². The maximum atomic E-state index is 12.2. The molecular weight excluding hydrogens is 314 g/mol. The zero-order chi connectivity index (χ0) is 17.6. The van der Waals surface area contributed by atoms with Crippen LogP contribution in [0.1, 0.15) is 41.7 Å². The van der Waals surface area contributed by atoms with Crippen molar-refractivity contribution in [2.45, 2.75) is 39.7 Å². The van der Waals surface area contributed by atoms with E-state index in [9.17, 15) is 4.79 Å². The van der Waals surface area contributed by atoms with Crippen LogP contribution < -0.4 is 5.32 Å². The van der Waals surface area contributed by atoms with E-state index in [0.717, 1.165) is 16.7 Å². The number of amides is 1. The third kappa shape index (κ3) is 3.09. The van der Waals surface area contributed by atoms with Gasteiger partial charge >= 0.3 is 0 Å². The summed E-state index contributed by atoms with van der Waals surface area (Å²) in [6.45, 7) is 6.04. The molecule has 1 fully saturated rings. The van der Waals surface area contributed by atoms with Gasteiger partial charge in [0.05, 0.1) is 0 Å². The van der Waals surface area contributed by atoms with Gasteiger partial charge in [0.1, 0.15) is 5.52 Å². The van der Waals surface area contributed by atoms with Gasteiger partial charge in [-0.05, 0) is 62.6 Å². The van der Waals surface area contributed by atoms with E-state index in [2.05, 4.69) is 34.8 Å². The topological polar surface area (TPSA) is 60.1 Å². The van der Waals surface area contributed by atoms with Crippen LogP contribution in [0.4, 0.5) is 5.69 Å². The lowest BCUT2D eigenvalue weighted by Crippen LogP contribution is -2.07. The maximum Gasteiger partial charge on any atom is 0.248 e. The lowest BCUT2D eigenvalue weighted by atomic mass is 10.2. The highest BCUT2D eigenvalue weighted by Crippen LogP contribution is 2.38. The highest BCUT2D eigenvalue weighted by atomic mass is 16.3. The third-order valence-corrected chi connectivity index (χ3v) is 4.61. The molecule has 0 atom stereocenters. The fraction of sp³-hybridized carbons (Fsp3) is 0.300. The number of hydrogen-bond acceptors (Lipinski definition) is 3. The van der Waals surface area contributed by atoms with Crippen LogP contribution in [0.2, 0.25) is 0 Å². The van der Waals surface area contributed by atoms with Gasteiger partial charge in [0, 0.05) is 36.1 Å². The number of aryl methyl sites for hydroxylation is 2. The Balaban J connectivity index is 1.49. The van der Waals surface area contributed by atoms with Gasteiger partial charge in [-0.3, -0.25) is 4.79 Å². The Morgan fingerprint density at radius 1 is 1.28 bits per heavy atom. The molecule has 1 amide bonds. The summed E-state index contributed by atoms with van der Waals surface area (Å²) in [6, 6.07) is 8.24. The highest BCUT2D eigenvalue weighted by Gasteiger charge is 2.26. The molecule has 1 N–H and O–H groups in total. The minimum atomic E-state index is -0.157. The molecule has 1 aliphatic rings. The number of carbonyl (C=O) groups is 1. The first-order chi connectivity index (χ1) is 12.0. The Labute approximate surface area is 146 Å². The second-order valence-electron chi connectivity index (χ2n) is 6.67. The van der Waals surface area contributed by atoms with E-state index in [1.54, 1.807) is 13.0 Å². The first kappa shape index (κ1) is 15.7. The molecule has 5 heteroatoms. The molecule has 1 aromatic carbocycles. The zero-order valence-electron chi connectivity index (χ0n) is 14.7. The second-order valence-corrected chi connectivity index (χ2v) is 6.67. The number of benzene rings is 1. The third-order valence-electron chi connectivity index (χ3n) is 4.61. The minimum absolute atomic E-state index is 0.157. The van der Waals surface area contributed by atoms with Crippen molar-refractivity contribution >= 4 is 28.8 Å². The predicted octanol–water partition coefficient (Wildman–Crippen LogP) is 4.54. The van der Waals surface area contributed by atoms with E-state index in [4.69, 9.17) is 4.42 Å². The average Bonchev–Trinajstić information content (AvgIpc) is 3.25. The fourth-order valence-electron chi connectivity index (χ4n) is 3.34. The molecule has 4 rings (SSSR count). The van der Waals surface area contributed by atoms with Crippen LogP contribution >= 0.6 is 0 Å². The quantitative estimate of drug-likeness (QED) is 0.712. The lowest BCUT2D eigenvalue weighted by Gasteiger charge is -2.06. The van der Waals surface area contributed by atoms with Crippen LogP contribution in [0.3, 0.4) is 0 Å². The molecule has 25 heavy (non-hydrogen) atoms. The highest BCUT2D eigenvalue weighted by molar-refractivity contribution is 6.02. The summed E-state index contributed by atoms with van der Waals surface area (Å²) in [5.74, 6) is 0.459. The van der Waals surface area contributed by atoms with E-state index in [-0.39, 0.29) is 5.91 Å². The van der Waals surface area contributed by atoms with Crippen molar-refractivity contribution in [3.05, 3.63) is 53.2 Å². The molecule has 2 heterocycles. The molecule has 0 unspecified atom stereocenters. The molecule has 3 aromatic rings. The van der Waals surface area contributed by atoms with E-state index < -0.39 is 0 Å². The lowest BCUT2D eigenvalue weighted by molar-refractivity contribution is -0.111. The first-order valence-electron chi connectivity index (χ1n) is 8.56. The number of hydrogen-bond donors (Lipinski definition) is 1. The molecule has 0 spiro atoms. The standard InChI is InChI=1S/C20H21N3O2/c1-12-10-15(13(2)23(12)17-6-7-17)4-9-20(24)22-16-5-8-19-18(11-16)21-14(3)25-19/h4-5,8-11,17H,6-7H2,1-3H3,(H,22,24). The van der Waals surface area contributed by atoms with Gasteiger partial charge < -0.3 is 14.3 Å². The molecule has 1 aliphatic carbocycles. The average molecular weight is 335 g/mol.